The van der Waals surface area contributed by atoms with E-state index >= 15 is 0 Å². The zero-order chi connectivity index (χ0) is 16.1. The van der Waals surface area contributed by atoms with Gasteiger partial charge in [0.1, 0.15) is 5.60 Å². The Hall–Kier alpha value is -1.29. The number of ether oxygens (including phenoxy) is 1. The van der Waals surface area contributed by atoms with E-state index in [1.807, 2.05) is 20.8 Å². The lowest BCUT2D eigenvalue weighted by atomic mass is 9.76. The van der Waals surface area contributed by atoms with Crippen LogP contribution in [-0.4, -0.2) is 40.4 Å². The van der Waals surface area contributed by atoms with Crippen molar-refractivity contribution in [2.24, 2.45) is 5.92 Å². The molecule has 1 fully saturated rings. The van der Waals surface area contributed by atoms with Gasteiger partial charge >= 0.3 is 6.09 Å². The second-order valence-corrected chi connectivity index (χ2v) is 6.83. The molecule has 0 radical (unpaired) electrons. The van der Waals surface area contributed by atoms with Crippen molar-refractivity contribution in [2.45, 2.75) is 57.7 Å². The van der Waals surface area contributed by atoms with E-state index < -0.39 is 11.2 Å². The maximum atomic E-state index is 12.0. The normalized spacial score (nSPS) is 17.4. The molecule has 0 bridgehead atoms. The smallest absolute Gasteiger partial charge is 0.410 e. The Balaban J connectivity index is 2.60. The van der Waals surface area contributed by atoms with E-state index in [0.717, 1.165) is 12.8 Å². The molecule has 4 heteroatoms. The van der Waals surface area contributed by atoms with Gasteiger partial charge in [-0.15, -0.1) is 13.2 Å². The molecule has 1 saturated heterocycles. The number of piperidine rings is 1. The van der Waals surface area contributed by atoms with Gasteiger partial charge in [0.25, 0.3) is 0 Å². The molecule has 0 aromatic rings. The molecule has 0 saturated carbocycles. The van der Waals surface area contributed by atoms with Crippen LogP contribution in [0, 0.1) is 5.92 Å². The third kappa shape index (κ3) is 5.20. The summed E-state index contributed by atoms with van der Waals surface area (Å²) < 4.78 is 5.39. The van der Waals surface area contributed by atoms with Gasteiger partial charge in [-0.2, -0.15) is 0 Å². The van der Waals surface area contributed by atoms with Crippen LogP contribution in [0.15, 0.2) is 25.3 Å². The van der Waals surface area contributed by atoms with E-state index in [1.54, 1.807) is 17.1 Å². The maximum Gasteiger partial charge on any atom is 0.410 e. The van der Waals surface area contributed by atoms with E-state index in [2.05, 4.69) is 13.2 Å². The lowest BCUT2D eigenvalue weighted by Gasteiger charge is -2.41. The van der Waals surface area contributed by atoms with Gasteiger partial charge in [0.05, 0.1) is 5.60 Å². The van der Waals surface area contributed by atoms with Gasteiger partial charge < -0.3 is 14.7 Å². The standard InChI is InChI=1S/C17H29NO3/c1-6-10-17(20,11-7-2)14-8-12-18(13-9-14)15(19)21-16(3,4)5/h6-7,14,20H,1-2,8-13H2,3-5H3. The summed E-state index contributed by atoms with van der Waals surface area (Å²) >= 11 is 0. The number of amides is 1. The van der Waals surface area contributed by atoms with E-state index in [1.165, 1.54) is 0 Å². The molecule has 0 spiro atoms. The topological polar surface area (TPSA) is 49.8 Å². The van der Waals surface area contributed by atoms with Crippen molar-refractivity contribution in [2.75, 3.05) is 13.1 Å². The van der Waals surface area contributed by atoms with Crippen LogP contribution in [0.25, 0.3) is 0 Å². The highest BCUT2D eigenvalue weighted by atomic mass is 16.6. The first-order valence-electron chi connectivity index (χ1n) is 7.64. The quantitative estimate of drug-likeness (QED) is 0.790. The Labute approximate surface area is 128 Å². The van der Waals surface area contributed by atoms with Crippen LogP contribution in [-0.2, 0) is 4.74 Å². The average molecular weight is 295 g/mol. The van der Waals surface area contributed by atoms with Crippen molar-refractivity contribution in [1.82, 2.24) is 4.90 Å². The number of aliphatic hydroxyl groups is 1. The Bertz CT molecular complexity index is 366. The molecule has 21 heavy (non-hydrogen) atoms. The van der Waals surface area contributed by atoms with Crippen LogP contribution in [0.3, 0.4) is 0 Å². The highest BCUT2D eigenvalue weighted by Crippen LogP contribution is 2.34. The van der Waals surface area contributed by atoms with Crippen LogP contribution in [0.2, 0.25) is 0 Å². The third-order valence-electron chi connectivity index (χ3n) is 3.90. The molecule has 1 aliphatic rings. The molecule has 0 aromatic heterocycles. The molecule has 4 nitrogen and oxygen atoms in total. The first-order chi connectivity index (χ1) is 9.72. The fraction of sp³-hybridized carbons (Fsp3) is 0.706. The number of rotatable bonds is 5. The fourth-order valence-electron chi connectivity index (χ4n) is 2.84. The molecule has 120 valence electrons. The first kappa shape index (κ1) is 17.8. The zero-order valence-corrected chi connectivity index (χ0v) is 13.6. The largest absolute Gasteiger partial charge is 0.444 e. The Morgan fingerprint density at radius 2 is 1.71 bits per heavy atom. The minimum atomic E-state index is -0.788. The Morgan fingerprint density at radius 1 is 1.24 bits per heavy atom. The molecule has 0 aromatic carbocycles. The summed E-state index contributed by atoms with van der Waals surface area (Å²) in [4.78, 5) is 13.8. The summed E-state index contributed by atoms with van der Waals surface area (Å²) in [5.74, 6) is 0.159. The van der Waals surface area contributed by atoms with Crippen molar-refractivity contribution < 1.29 is 14.6 Å². The van der Waals surface area contributed by atoms with Crippen LogP contribution in [0.4, 0.5) is 4.79 Å². The molecular formula is C17H29NO3. The van der Waals surface area contributed by atoms with Gasteiger partial charge in [-0.25, -0.2) is 4.79 Å². The lowest BCUT2D eigenvalue weighted by Crippen LogP contribution is -2.47. The number of hydrogen-bond acceptors (Lipinski definition) is 3. The predicted molar refractivity (Wildman–Crippen MR) is 85.1 cm³/mol. The zero-order valence-electron chi connectivity index (χ0n) is 13.6. The lowest BCUT2D eigenvalue weighted by molar-refractivity contribution is -0.0428. The van der Waals surface area contributed by atoms with Crippen molar-refractivity contribution in [3.63, 3.8) is 0 Å². The number of carbonyl (C=O) groups is 1. The van der Waals surface area contributed by atoms with Gasteiger partial charge in [0, 0.05) is 13.1 Å². The van der Waals surface area contributed by atoms with Gasteiger partial charge in [0.15, 0.2) is 0 Å². The van der Waals surface area contributed by atoms with Gasteiger partial charge in [0.2, 0.25) is 0 Å². The SMILES string of the molecule is C=CCC(O)(CC=C)C1CCN(C(=O)OC(C)(C)C)CC1. The van der Waals surface area contributed by atoms with E-state index in [4.69, 9.17) is 4.74 Å². The van der Waals surface area contributed by atoms with Crippen LogP contribution < -0.4 is 0 Å². The van der Waals surface area contributed by atoms with E-state index in [-0.39, 0.29) is 12.0 Å². The summed E-state index contributed by atoms with van der Waals surface area (Å²) in [5.41, 5.74) is -1.26. The summed E-state index contributed by atoms with van der Waals surface area (Å²) in [7, 11) is 0. The molecule has 0 atom stereocenters. The van der Waals surface area contributed by atoms with Gasteiger partial charge in [-0.3, -0.25) is 0 Å². The highest BCUT2D eigenvalue weighted by Gasteiger charge is 2.38. The number of likely N-dealkylation sites (tertiary alicyclic amines) is 1. The predicted octanol–water partition coefficient (Wildman–Crippen LogP) is 3.52. The Morgan fingerprint density at radius 3 is 2.10 bits per heavy atom. The second kappa shape index (κ2) is 7.12. The molecule has 1 N–H and O–H groups in total. The highest BCUT2D eigenvalue weighted by molar-refractivity contribution is 5.68. The summed E-state index contributed by atoms with van der Waals surface area (Å²) in [5, 5.41) is 10.8. The number of carbonyl (C=O) groups excluding carboxylic acids is 1. The minimum Gasteiger partial charge on any atom is -0.444 e. The summed E-state index contributed by atoms with van der Waals surface area (Å²) in [6, 6.07) is 0. The minimum absolute atomic E-state index is 0.159. The maximum absolute atomic E-state index is 12.0. The van der Waals surface area contributed by atoms with Crippen LogP contribution in [0.5, 0.6) is 0 Å². The molecule has 0 unspecified atom stereocenters. The van der Waals surface area contributed by atoms with Gasteiger partial charge in [-0.05, 0) is 52.4 Å². The molecular weight excluding hydrogens is 266 g/mol. The number of hydrogen-bond donors (Lipinski definition) is 1. The van der Waals surface area contributed by atoms with Crippen molar-refractivity contribution in [3.8, 4) is 0 Å². The average Bonchev–Trinajstić information content (AvgIpc) is 2.37. The van der Waals surface area contributed by atoms with Crippen LogP contribution in [0.1, 0.15) is 46.5 Å². The molecule has 1 amide bonds. The third-order valence-corrected chi connectivity index (χ3v) is 3.90. The van der Waals surface area contributed by atoms with Crippen molar-refractivity contribution in [1.29, 1.82) is 0 Å². The fourth-order valence-corrected chi connectivity index (χ4v) is 2.84. The van der Waals surface area contributed by atoms with Crippen LogP contribution >= 0.6 is 0 Å². The first-order valence-corrected chi connectivity index (χ1v) is 7.64. The molecule has 1 heterocycles. The summed E-state index contributed by atoms with van der Waals surface area (Å²) in [6.07, 6.45) is 5.89. The summed E-state index contributed by atoms with van der Waals surface area (Å²) in [6.45, 7) is 14.3. The Kier molecular flexibility index (Phi) is 6.02. The molecule has 1 aliphatic heterocycles. The molecule has 1 rings (SSSR count). The monoisotopic (exact) mass is 295 g/mol. The second-order valence-electron chi connectivity index (χ2n) is 6.83. The van der Waals surface area contributed by atoms with Crippen molar-refractivity contribution in [3.05, 3.63) is 25.3 Å². The molecule has 0 aliphatic carbocycles. The van der Waals surface area contributed by atoms with E-state index in [9.17, 15) is 9.90 Å². The van der Waals surface area contributed by atoms with Gasteiger partial charge in [-0.1, -0.05) is 12.2 Å². The van der Waals surface area contributed by atoms with Crippen molar-refractivity contribution >= 4 is 6.09 Å². The van der Waals surface area contributed by atoms with E-state index in [0.29, 0.717) is 25.9 Å². The number of nitrogens with zero attached hydrogens (tertiary/aromatic N) is 1.